The number of nitrogens with zero attached hydrogens (tertiary/aromatic N) is 3. The van der Waals surface area contributed by atoms with Gasteiger partial charge in [0.05, 0.1) is 24.2 Å². The molecule has 0 spiro atoms. The van der Waals surface area contributed by atoms with Gasteiger partial charge < -0.3 is 19.1 Å². The summed E-state index contributed by atoms with van der Waals surface area (Å²) < 4.78 is 69.4. The number of ether oxygens (including phenoxy) is 3. The van der Waals surface area contributed by atoms with Crippen LogP contribution in [-0.2, 0) is 14.3 Å². The lowest BCUT2D eigenvalue weighted by Crippen LogP contribution is -2.60. The molecular weight excluding hydrogens is 490 g/mol. The van der Waals surface area contributed by atoms with Crippen LogP contribution in [0.2, 0.25) is 5.02 Å². The van der Waals surface area contributed by atoms with E-state index in [4.69, 9.17) is 21.1 Å². The van der Waals surface area contributed by atoms with Crippen LogP contribution in [0.3, 0.4) is 0 Å². The van der Waals surface area contributed by atoms with Crippen LogP contribution in [0, 0.1) is 5.82 Å². The van der Waals surface area contributed by atoms with Crippen molar-refractivity contribution in [3.8, 4) is 17.4 Å². The molecule has 3 rings (SSSR count). The van der Waals surface area contributed by atoms with Crippen LogP contribution >= 0.6 is 11.6 Å². The fourth-order valence-corrected chi connectivity index (χ4v) is 3.19. The zero-order chi connectivity index (χ0) is 25.2. The predicted molar refractivity (Wildman–Crippen MR) is 108 cm³/mol. The first-order valence-corrected chi connectivity index (χ1v) is 9.79. The molecule has 0 N–H and O–H groups in total. The molecule has 1 aromatic heterocycles. The third kappa shape index (κ3) is 5.14. The van der Waals surface area contributed by atoms with Gasteiger partial charge in [0.1, 0.15) is 17.6 Å². The van der Waals surface area contributed by atoms with Gasteiger partial charge >= 0.3 is 18.2 Å². The topological polar surface area (TPSA) is 98.3 Å². The lowest BCUT2D eigenvalue weighted by atomic mass is 10.1. The molecule has 0 bridgehead atoms. The highest BCUT2D eigenvalue weighted by atomic mass is 35.5. The molecular formula is C20H16ClF4N3O6. The second-order valence-electron chi connectivity index (χ2n) is 6.89. The highest BCUT2D eigenvalue weighted by Gasteiger charge is 2.51. The number of esters is 1. The number of imide groups is 1. The molecule has 34 heavy (non-hydrogen) atoms. The van der Waals surface area contributed by atoms with Crippen molar-refractivity contribution in [3.05, 3.63) is 41.3 Å². The number of rotatable bonds is 6. The number of hydrogen-bond donors (Lipinski definition) is 0. The standard InChI is InChI=1S/C20H16ClF4N3O6/c1-27-15(20(23,24)25)8-16(29)28(19(27)31)12-7-14(10(21)6-11(12)22)34-13-4-3-5-26-18(13)33-9-17(30)32-2/h3-7,15H,8-9H2,1-2H3. The number of hydrogen-bond acceptors (Lipinski definition) is 7. The number of alkyl halides is 3. The number of pyridine rings is 1. The molecule has 182 valence electrons. The zero-order valence-corrected chi connectivity index (χ0v) is 18.3. The van der Waals surface area contributed by atoms with Crippen molar-refractivity contribution >= 4 is 35.2 Å². The fourth-order valence-electron chi connectivity index (χ4n) is 3.00. The van der Waals surface area contributed by atoms with Gasteiger partial charge in [-0.2, -0.15) is 13.2 Å². The quantitative estimate of drug-likeness (QED) is 0.433. The smallest absolute Gasteiger partial charge is 0.409 e. The number of carbonyl (C=O) groups is 3. The number of halogens is 5. The molecule has 14 heteroatoms. The van der Waals surface area contributed by atoms with Gasteiger partial charge in [0.15, 0.2) is 12.4 Å². The molecule has 1 saturated heterocycles. The molecule has 1 fully saturated rings. The normalized spacial score (nSPS) is 16.5. The summed E-state index contributed by atoms with van der Waals surface area (Å²) in [5.74, 6) is -3.62. The van der Waals surface area contributed by atoms with Crippen LogP contribution in [0.1, 0.15) is 6.42 Å². The maximum Gasteiger partial charge on any atom is 0.409 e. The van der Waals surface area contributed by atoms with Crippen molar-refractivity contribution in [2.75, 3.05) is 25.7 Å². The summed E-state index contributed by atoms with van der Waals surface area (Å²) in [6.07, 6.45) is -4.62. The van der Waals surface area contributed by atoms with E-state index in [2.05, 4.69) is 9.72 Å². The monoisotopic (exact) mass is 505 g/mol. The first-order valence-electron chi connectivity index (χ1n) is 9.42. The average molecular weight is 506 g/mol. The van der Waals surface area contributed by atoms with Gasteiger partial charge in [0, 0.05) is 19.3 Å². The minimum Gasteiger partial charge on any atom is -0.466 e. The molecule has 1 aromatic carbocycles. The summed E-state index contributed by atoms with van der Waals surface area (Å²) in [6, 6.07) is 0.704. The molecule has 0 saturated carbocycles. The van der Waals surface area contributed by atoms with Crippen LogP contribution in [0.4, 0.5) is 28.0 Å². The Hall–Kier alpha value is -3.61. The largest absolute Gasteiger partial charge is 0.466 e. The highest BCUT2D eigenvalue weighted by molar-refractivity contribution is 6.32. The molecule has 2 aromatic rings. The number of benzene rings is 1. The Morgan fingerprint density at radius 3 is 2.62 bits per heavy atom. The van der Waals surface area contributed by atoms with E-state index in [0.29, 0.717) is 4.90 Å². The number of amides is 3. The molecule has 1 aliphatic heterocycles. The minimum atomic E-state index is -4.85. The average Bonchev–Trinajstić information content (AvgIpc) is 2.77. The van der Waals surface area contributed by atoms with Crippen molar-refractivity contribution in [2.24, 2.45) is 0 Å². The first kappa shape index (κ1) is 25.0. The van der Waals surface area contributed by atoms with Crippen molar-refractivity contribution in [2.45, 2.75) is 18.6 Å². The van der Waals surface area contributed by atoms with Crippen molar-refractivity contribution in [1.82, 2.24) is 9.88 Å². The number of anilines is 1. The minimum absolute atomic E-state index is 0.0728. The summed E-state index contributed by atoms with van der Waals surface area (Å²) in [5, 5.41) is -0.289. The highest BCUT2D eigenvalue weighted by Crippen LogP contribution is 2.40. The van der Waals surface area contributed by atoms with Gasteiger partial charge in [-0.25, -0.2) is 23.9 Å². The van der Waals surface area contributed by atoms with Crippen LogP contribution in [0.5, 0.6) is 17.4 Å². The van der Waals surface area contributed by atoms with Gasteiger partial charge in [-0.05, 0) is 18.2 Å². The molecule has 0 radical (unpaired) electrons. The molecule has 1 aliphatic rings. The van der Waals surface area contributed by atoms with Crippen LogP contribution in [0.25, 0.3) is 0 Å². The Labute approximate surface area is 194 Å². The van der Waals surface area contributed by atoms with E-state index in [-0.39, 0.29) is 27.3 Å². The van der Waals surface area contributed by atoms with Crippen LogP contribution in [0.15, 0.2) is 30.5 Å². The second-order valence-corrected chi connectivity index (χ2v) is 7.30. The van der Waals surface area contributed by atoms with E-state index >= 15 is 0 Å². The lowest BCUT2D eigenvalue weighted by Gasteiger charge is -2.38. The number of aromatic nitrogens is 1. The van der Waals surface area contributed by atoms with E-state index in [1.54, 1.807) is 0 Å². The predicted octanol–water partition coefficient (Wildman–Crippen LogP) is 3.94. The third-order valence-electron chi connectivity index (χ3n) is 4.71. The van der Waals surface area contributed by atoms with Gasteiger partial charge in [-0.15, -0.1) is 0 Å². The zero-order valence-electron chi connectivity index (χ0n) is 17.6. The maximum absolute atomic E-state index is 14.7. The summed E-state index contributed by atoms with van der Waals surface area (Å²) in [6.45, 7) is -0.504. The van der Waals surface area contributed by atoms with Crippen LogP contribution in [-0.4, -0.2) is 60.8 Å². The Morgan fingerprint density at radius 2 is 1.97 bits per heavy atom. The van der Waals surface area contributed by atoms with E-state index in [1.807, 2.05) is 0 Å². The Balaban J connectivity index is 1.94. The number of carbonyl (C=O) groups excluding carboxylic acids is 3. The Bertz CT molecular complexity index is 1130. The van der Waals surface area contributed by atoms with Crippen molar-refractivity contribution < 1.29 is 46.2 Å². The van der Waals surface area contributed by atoms with Gasteiger partial charge in [0.2, 0.25) is 5.91 Å². The molecule has 9 nitrogen and oxygen atoms in total. The Kier molecular flexibility index (Phi) is 7.15. The summed E-state index contributed by atoms with van der Waals surface area (Å²) in [4.78, 5) is 40.8. The number of urea groups is 1. The van der Waals surface area contributed by atoms with Crippen molar-refractivity contribution in [1.29, 1.82) is 0 Å². The maximum atomic E-state index is 14.7. The SMILES string of the molecule is COC(=O)COc1ncccc1Oc1cc(N2C(=O)CC(C(F)(F)F)N(C)C2=O)c(F)cc1Cl. The second kappa shape index (κ2) is 9.71. The van der Waals surface area contributed by atoms with Crippen molar-refractivity contribution in [3.63, 3.8) is 0 Å². The summed E-state index contributed by atoms with van der Waals surface area (Å²) >= 11 is 6.03. The number of methoxy groups -OCH3 is 1. The molecule has 3 amide bonds. The Morgan fingerprint density at radius 1 is 1.26 bits per heavy atom. The molecule has 1 atom stereocenters. The van der Waals surface area contributed by atoms with E-state index in [1.165, 1.54) is 18.3 Å². The molecule has 1 unspecified atom stereocenters. The summed E-state index contributed by atoms with van der Waals surface area (Å²) in [7, 11) is 2.00. The van der Waals surface area contributed by atoms with Gasteiger partial charge in [0.25, 0.3) is 5.88 Å². The van der Waals surface area contributed by atoms with Crippen LogP contribution < -0.4 is 14.4 Å². The van der Waals surface area contributed by atoms with Gasteiger partial charge in [-0.1, -0.05) is 11.6 Å². The van der Waals surface area contributed by atoms with E-state index in [0.717, 1.165) is 26.3 Å². The third-order valence-corrected chi connectivity index (χ3v) is 5.00. The summed E-state index contributed by atoms with van der Waals surface area (Å²) in [5.41, 5.74) is -0.664. The lowest BCUT2D eigenvalue weighted by molar-refractivity contribution is -0.179. The fraction of sp³-hybridized carbons (Fsp3) is 0.300. The molecule has 2 heterocycles. The molecule has 0 aliphatic carbocycles. The van der Waals surface area contributed by atoms with Gasteiger partial charge in [-0.3, -0.25) is 4.79 Å². The van der Waals surface area contributed by atoms with E-state index < -0.39 is 54.7 Å². The first-order chi connectivity index (χ1) is 15.9. The van der Waals surface area contributed by atoms with E-state index in [9.17, 15) is 31.9 Å².